The predicted molar refractivity (Wildman–Crippen MR) is 80.7 cm³/mol. The molecule has 1 aliphatic rings. The molecule has 1 saturated heterocycles. The van der Waals surface area contributed by atoms with E-state index < -0.39 is 18.2 Å². The molecule has 7 nitrogen and oxygen atoms in total. The van der Waals surface area contributed by atoms with Crippen molar-refractivity contribution in [2.45, 2.75) is 32.2 Å². The van der Waals surface area contributed by atoms with E-state index in [4.69, 9.17) is 0 Å². The summed E-state index contributed by atoms with van der Waals surface area (Å²) in [7, 11) is 0. The highest BCUT2D eigenvalue weighted by molar-refractivity contribution is 5.94. The number of carbonyl (C=O) groups excluding carboxylic acids is 2. The monoisotopic (exact) mass is 337 g/mol. The second kappa shape index (κ2) is 6.50. The molecule has 0 saturated carbocycles. The molecule has 2 aromatic heterocycles. The molecule has 1 N–H and O–H groups in total. The average molecular weight is 337 g/mol. The summed E-state index contributed by atoms with van der Waals surface area (Å²) in [6.45, 7) is 2.93. The van der Waals surface area contributed by atoms with Crippen LogP contribution in [0.15, 0.2) is 18.3 Å². The molecule has 128 valence electrons. The van der Waals surface area contributed by atoms with E-state index in [1.54, 1.807) is 11.8 Å². The highest BCUT2D eigenvalue weighted by atomic mass is 19.3. The van der Waals surface area contributed by atoms with Gasteiger partial charge in [-0.2, -0.15) is 0 Å². The molecule has 3 rings (SSSR count). The fraction of sp³-hybridized carbons (Fsp3) is 0.467. The van der Waals surface area contributed by atoms with E-state index in [2.05, 4.69) is 15.5 Å². The fourth-order valence-electron chi connectivity index (χ4n) is 2.77. The Balaban J connectivity index is 1.71. The zero-order valence-corrected chi connectivity index (χ0v) is 13.1. The Morgan fingerprint density at radius 2 is 2.17 bits per heavy atom. The van der Waals surface area contributed by atoms with Crippen LogP contribution < -0.4 is 5.32 Å². The third-order valence-corrected chi connectivity index (χ3v) is 3.93. The molecule has 1 aliphatic heterocycles. The SMILES string of the molecule is CC(CN1CCCC1=O)NC(=O)c1ccc2nnc(C(F)F)n2c1. The first kappa shape index (κ1) is 16.3. The summed E-state index contributed by atoms with van der Waals surface area (Å²) >= 11 is 0. The molecule has 2 aromatic rings. The number of nitrogens with zero attached hydrogens (tertiary/aromatic N) is 4. The van der Waals surface area contributed by atoms with E-state index in [1.165, 1.54) is 18.3 Å². The van der Waals surface area contributed by atoms with Crippen molar-refractivity contribution < 1.29 is 18.4 Å². The van der Waals surface area contributed by atoms with E-state index in [0.29, 0.717) is 19.5 Å². The van der Waals surface area contributed by atoms with Crippen LogP contribution >= 0.6 is 0 Å². The van der Waals surface area contributed by atoms with Gasteiger partial charge in [0.1, 0.15) is 0 Å². The maximum absolute atomic E-state index is 12.9. The molecule has 1 atom stereocenters. The molecule has 9 heteroatoms. The molecular weight excluding hydrogens is 320 g/mol. The molecule has 0 radical (unpaired) electrons. The lowest BCUT2D eigenvalue weighted by Gasteiger charge is -2.21. The van der Waals surface area contributed by atoms with Crippen molar-refractivity contribution in [1.82, 2.24) is 24.8 Å². The maximum Gasteiger partial charge on any atom is 0.297 e. The summed E-state index contributed by atoms with van der Waals surface area (Å²) < 4.78 is 26.9. The van der Waals surface area contributed by atoms with Gasteiger partial charge >= 0.3 is 0 Å². The summed E-state index contributed by atoms with van der Waals surface area (Å²) in [6, 6.07) is 2.72. The number of nitrogens with one attached hydrogen (secondary N) is 1. The van der Waals surface area contributed by atoms with Gasteiger partial charge in [-0.3, -0.25) is 14.0 Å². The van der Waals surface area contributed by atoms with Crippen LogP contribution in [0.5, 0.6) is 0 Å². The Kier molecular flexibility index (Phi) is 4.41. The smallest absolute Gasteiger partial charge is 0.297 e. The standard InChI is InChI=1S/C15H17F2N5O2/c1-9(7-21-6-2-3-12(21)23)18-15(24)10-4-5-11-19-20-14(13(16)17)22(11)8-10/h4-5,8-9,13H,2-3,6-7H2,1H3,(H,18,24). The number of carbonyl (C=O) groups is 2. The zero-order chi connectivity index (χ0) is 17.3. The lowest BCUT2D eigenvalue weighted by molar-refractivity contribution is -0.127. The quantitative estimate of drug-likeness (QED) is 0.895. The van der Waals surface area contributed by atoms with Gasteiger partial charge in [0.25, 0.3) is 12.3 Å². The lowest BCUT2D eigenvalue weighted by atomic mass is 10.2. The third kappa shape index (κ3) is 3.19. The molecule has 24 heavy (non-hydrogen) atoms. The number of hydrogen-bond donors (Lipinski definition) is 1. The van der Waals surface area contributed by atoms with Gasteiger partial charge in [-0.25, -0.2) is 8.78 Å². The minimum Gasteiger partial charge on any atom is -0.348 e. The average Bonchev–Trinajstić information content (AvgIpc) is 3.13. The van der Waals surface area contributed by atoms with Crippen molar-refractivity contribution in [1.29, 1.82) is 0 Å². The van der Waals surface area contributed by atoms with Crippen molar-refractivity contribution >= 4 is 17.5 Å². The zero-order valence-electron chi connectivity index (χ0n) is 13.1. The van der Waals surface area contributed by atoms with Gasteiger partial charge in [-0.05, 0) is 25.5 Å². The van der Waals surface area contributed by atoms with Gasteiger partial charge in [0.15, 0.2) is 5.65 Å². The van der Waals surface area contributed by atoms with Crippen molar-refractivity contribution in [3.8, 4) is 0 Å². The van der Waals surface area contributed by atoms with Gasteiger partial charge in [0.05, 0.1) is 5.56 Å². The van der Waals surface area contributed by atoms with Crippen LogP contribution in [0, 0.1) is 0 Å². The van der Waals surface area contributed by atoms with E-state index in [9.17, 15) is 18.4 Å². The molecule has 0 bridgehead atoms. The number of likely N-dealkylation sites (tertiary alicyclic amines) is 1. The highest BCUT2D eigenvalue weighted by Gasteiger charge is 2.23. The largest absolute Gasteiger partial charge is 0.348 e. The van der Waals surface area contributed by atoms with Crippen LogP contribution in [0.4, 0.5) is 8.78 Å². The predicted octanol–water partition coefficient (Wildman–Crippen LogP) is 1.41. The summed E-state index contributed by atoms with van der Waals surface area (Å²) in [5, 5.41) is 9.83. The second-order valence-electron chi connectivity index (χ2n) is 5.82. The van der Waals surface area contributed by atoms with E-state index in [-0.39, 0.29) is 23.2 Å². The van der Waals surface area contributed by atoms with Crippen LogP contribution in [0.3, 0.4) is 0 Å². The van der Waals surface area contributed by atoms with Crippen molar-refractivity contribution in [3.63, 3.8) is 0 Å². The Hall–Kier alpha value is -2.58. The van der Waals surface area contributed by atoms with Gasteiger partial charge in [-0.1, -0.05) is 0 Å². The van der Waals surface area contributed by atoms with Gasteiger partial charge in [-0.15, -0.1) is 10.2 Å². The van der Waals surface area contributed by atoms with Crippen LogP contribution in [0.25, 0.3) is 5.65 Å². The summed E-state index contributed by atoms with van der Waals surface area (Å²) in [6.07, 6.45) is -0.111. The minimum absolute atomic E-state index is 0.0867. The normalized spacial score (nSPS) is 16.2. The number of fused-ring (bicyclic) bond motifs is 1. The molecule has 0 aromatic carbocycles. The van der Waals surface area contributed by atoms with Crippen molar-refractivity contribution in [3.05, 3.63) is 29.7 Å². The summed E-state index contributed by atoms with van der Waals surface area (Å²) in [4.78, 5) is 25.6. The first-order valence-corrected chi connectivity index (χ1v) is 7.67. The fourth-order valence-corrected chi connectivity index (χ4v) is 2.77. The molecule has 1 fully saturated rings. The minimum atomic E-state index is -2.78. The first-order chi connectivity index (χ1) is 11.5. The number of hydrogen-bond acceptors (Lipinski definition) is 4. The van der Waals surface area contributed by atoms with Crippen molar-refractivity contribution in [2.24, 2.45) is 0 Å². The molecular formula is C15H17F2N5O2. The molecule has 2 amide bonds. The second-order valence-corrected chi connectivity index (χ2v) is 5.82. The third-order valence-electron chi connectivity index (χ3n) is 3.93. The number of aromatic nitrogens is 3. The summed E-state index contributed by atoms with van der Waals surface area (Å²) in [5.41, 5.74) is 0.473. The number of halogens is 2. The van der Waals surface area contributed by atoms with Gasteiger partial charge in [0, 0.05) is 31.7 Å². The highest BCUT2D eigenvalue weighted by Crippen LogP contribution is 2.18. The van der Waals surface area contributed by atoms with Gasteiger partial charge < -0.3 is 10.2 Å². The number of pyridine rings is 1. The van der Waals surface area contributed by atoms with E-state index >= 15 is 0 Å². The van der Waals surface area contributed by atoms with Crippen molar-refractivity contribution in [2.75, 3.05) is 13.1 Å². The number of amides is 2. The Labute approximate surface area is 136 Å². The van der Waals surface area contributed by atoms with Crippen LogP contribution in [0.1, 0.15) is 42.4 Å². The molecule has 0 aliphatic carbocycles. The Morgan fingerprint density at radius 1 is 1.38 bits per heavy atom. The van der Waals surface area contributed by atoms with Crippen LogP contribution in [-0.2, 0) is 4.79 Å². The van der Waals surface area contributed by atoms with E-state index in [1.807, 2.05) is 0 Å². The Morgan fingerprint density at radius 3 is 2.83 bits per heavy atom. The van der Waals surface area contributed by atoms with Crippen LogP contribution in [-0.4, -0.2) is 50.4 Å². The molecule has 1 unspecified atom stereocenters. The first-order valence-electron chi connectivity index (χ1n) is 7.67. The number of alkyl halides is 2. The van der Waals surface area contributed by atoms with Crippen LogP contribution in [0.2, 0.25) is 0 Å². The Bertz CT molecular complexity index is 776. The molecule has 3 heterocycles. The lowest BCUT2D eigenvalue weighted by Crippen LogP contribution is -2.42. The van der Waals surface area contributed by atoms with Gasteiger partial charge in [0.2, 0.25) is 11.7 Å². The van der Waals surface area contributed by atoms with E-state index in [0.717, 1.165) is 10.8 Å². The molecule has 0 spiro atoms. The topological polar surface area (TPSA) is 79.6 Å². The maximum atomic E-state index is 12.9. The summed E-state index contributed by atoms with van der Waals surface area (Å²) in [5.74, 6) is -0.816. The number of rotatable bonds is 5.